The van der Waals surface area contributed by atoms with Crippen LogP contribution in [-0.4, -0.2) is 11.1 Å². The summed E-state index contributed by atoms with van der Waals surface area (Å²) in [4.78, 5) is 10.6. The topological polar surface area (TPSA) is 49.3 Å². The number of aryl methyl sites for hydroxylation is 1. The van der Waals surface area contributed by atoms with Crippen molar-refractivity contribution in [1.29, 1.82) is 0 Å². The van der Waals surface area contributed by atoms with E-state index in [2.05, 4.69) is 36.5 Å². The second kappa shape index (κ2) is 6.05. The molecule has 98 valence electrons. The molecule has 2 N–H and O–H groups in total. The van der Waals surface area contributed by atoms with E-state index in [0.29, 0.717) is 0 Å². The Bertz CT molecular complexity index is 544. The van der Waals surface area contributed by atoms with Gasteiger partial charge in [0.2, 0.25) is 0 Å². The second-order valence-electron chi connectivity index (χ2n) is 4.61. The number of benzene rings is 2. The van der Waals surface area contributed by atoms with Crippen LogP contribution in [0.1, 0.15) is 16.7 Å². The third-order valence-electron chi connectivity index (χ3n) is 2.93. The monoisotopic (exact) mass is 255 g/mol. The number of rotatable bonds is 5. The highest BCUT2D eigenvalue weighted by Gasteiger charge is 2.00. The number of hydrogen-bond acceptors (Lipinski definition) is 2. The normalized spacial score (nSPS) is 10.2. The highest BCUT2D eigenvalue weighted by atomic mass is 16.4. The van der Waals surface area contributed by atoms with Gasteiger partial charge in [-0.05, 0) is 30.2 Å². The van der Waals surface area contributed by atoms with Crippen molar-refractivity contribution >= 4 is 11.7 Å². The number of carbonyl (C=O) groups is 1. The Morgan fingerprint density at radius 1 is 1.00 bits per heavy atom. The van der Waals surface area contributed by atoms with E-state index in [1.165, 1.54) is 11.1 Å². The lowest BCUT2D eigenvalue weighted by Gasteiger charge is -2.07. The molecule has 0 radical (unpaired) electrons. The fraction of sp³-hybridized carbons (Fsp3) is 0.188. The fourth-order valence-electron chi connectivity index (χ4n) is 1.83. The zero-order valence-corrected chi connectivity index (χ0v) is 10.9. The number of aliphatic carboxylic acids is 1. The first-order valence-corrected chi connectivity index (χ1v) is 6.23. The molecule has 0 spiro atoms. The molecule has 3 heteroatoms. The molecule has 19 heavy (non-hydrogen) atoms. The maximum Gasteiger partial charge on any atom is 0.307 e. The van der Waals surface area contributed by atoms with Crippen molar-refractivity contribution in [2.75, 3.05) is 5.32 Å². The molecule has 2 rings (SSSR count). The van der Waals surface area contributed by atoms with Crippen LogP contribution in [0.5, 0.6) is 0 Å². The SMILES string of the molecule is Cc1ccc(CNc2ccc(CC(=O)O)cc2)cc1. The van der Waals surface area contributed by atoms with Crippen LogP contribution in [0.2, 0.25) is 0 Å². The molecule has 0 saturated heterocycles. The summed E-state index contributed by atoms with van der Waals surface area (Å²) in [5.41, 5.74) is 4.28. The van der Waals surface area contributed by atoms with Gasteiger partial charge in [0.15, 0.2) is 0 Å². The summed E-state index contributed by atoms with van der Waals surface area (Å²) in [6, 6.07) is 15.9. The van der Waals surface area contributed by atoms with Gasteiger partial charge < -0.3 is 10.4 Å². The van der Waals surface area contributed by atoms with Crippen LogP contribution in [0.4, 0.5) is 5.69 Å². The summed E-state index contributed by atoms with van der Waals surface area (Å²) in [5.74, 6) is -0.805. The first kappa shape index (κ1) is 13.1. The van der Waals surface area contributed by atoms with Crippen LogP contribution >= 0.6 is 0 Å². The summed E-state index contributed by atoms with van der Waals surface area (Å²) in [7, 11) is 0. The summed E-state index contributed by atoms with van der Waals surface area (Å²) in [6.07, 6.45) is 0.0677. The molecule has 2 aromatic rings. The Morgan fingerprint density at radius 2 is 1.58 bits per heavy atom. The van der Waals surface area contributed by atoms with E-state index in [9.17, 15) is 4.79 Å². The molecule has 0 aliphatic rings. The number of nitrogens with one attached hydrogen (secondary N) is 1. The average Bonchev–Trinajstić information content (AvgIpc) is 2.39. The minimum atomic E-state index is -0.805. The molecule has 3 nitrogen and oxygen atoms in total. The first-order valence-electron chi connectivity index (χ1n) is 6.23. The van der Waals surface area contributed by atoms with Gasteiger partial charge >= 0.3 is 5.97 Å². The van der Waals surface area contributed by atoms with Crippen LogP contribution in [-0.2, 0) is 17.8 Å². The Balaban J connectivity index is 1.92. The molecular formula is C16H17NO2. The maximum atomic E-state index is 10.6. The average molecular weight is 255 g/mol. The third kappa shape index (κ3) is 4.14. The van der Waals surface area contributed by atoms with Crippen molar-refractivity contribution in [2.24, 2.45) is 0 Å². The quantitative estimate of drug-likeness (QED) is 0.862. The largest absolute Gasteiger partial charge is 0.481 e. The zero-order chi connectivity index (χ0) is 13.7. The number of carboxylic acid groups (broad SMARTS) is 1. The van der Waals surface area contributed by atoms with Gasteiger partial charge in [-0.25, -0.2) is 0 Å². The highest BCUT2D eigenvalue weighted by molar-refractivity contribution is 5.70. The molecule has 0 atom stereocenters. The molecule has 0 saturated carbocycles. The highest BCUT2D eigenvalue weighted by Crippen LogP contribution is 2.12. The van der Waals surface area contributed by atoms with E-state index >= 15 is 0 Å². The van der Waals surface area contributed by atoms with E-state index in [-0.39, 0.29) is 6.42 Å². The van der Waals surface area contributed by atoms with Crippen molar-refractivity contribution < 1.29 is 9.90 Å². The van der Waals surface area contributed by atoms with Gasteiger partial charge in [0.25, 0.3) is 0 Å². The van der Waals surface area contributed by atoms with Gasteiger partial charge in [-0.15, -0.1) is 0 Å². The Hall–Kier alpha value is -2.29. The predicted octanol–water partition coefficient (Wildman–Crippen LogP) is 3.23. The molecule has 0 aromatic heterocycles. The van der Waals surface area contributed by atoms with Gasteiger partial charge in [0.1, 0.15) is 0 Å². The van der Waals surface area contributed by atoms with Crippen LogP contribution < -0.4 is 5.32 Å². The molecule has 0 aliphatic heterocycles. The first-order chi connectivity index (χ1) is 9.13. The Morgan fingerprint density at radius 3 is 2.16 bits per heavy atom. The van der Waals surface area contributed by atoms with Gasteiger partial charge in [-0.2, -0.15) is 0 Å². The minimum absolute atomic E-state index is 0.0677. The third-order valence-corrected chi connectivity index (χ3v) is 2.93. The lowest BCUT2D eigenvalue weighted by atomic mass is 10.1. The van der Waals surface area contributed by atoms with E-state index in [4.69, 9.17) is 5.11 Å². The van der Waals surface area contributed by atoms with E-state index in [1.807, 2.05) is 24.3 Å². The maximum absolute atomic E-state index is 10.6. The summed E-state index contributed by atoms with van der Waals surface area (Å²) in [6.45, 7) is 2.83. The molecule has 0 amide bonds. The van der Waals surface area contributed by atoms with Crippen LogP contribution in [0, 0.1) is 6.92 Å². The van der Waals surface area contributed by atoms with E-state index in [0.717, 1.165) is 17.8 Å². The Labute approximate surface area is 112 Å². The van der Waals surface area contributed by atoms with Crippen molar-refractivity contribution in [1.82, 2.24) is 0 Å². The molecule has 0 aliphatic carbocycles. The van der Waals surface area contributed by atoms with Gasteiger partial charge in [0, 0.05) is 12.2 Å². The van der Waals surface area contributed by atoms with Crippen LogP contribution in [0.25, 0.3) is 0 Å². The lowest BCUT2D eigenvalue weighted by molar-refractivity contribution is -0.136. The number of carboxylic acids is 1. The Kier molecular flexibility index (Phi) is 4.18. The van der Waals surface area contributed by atoms with Crippen molar-refractivity contribution in [3.05, 3.63) is 65.2 Å². The fourth-order valence-corrected chi connectivity index (χ4v) is 1.83. The number of hydrogen-bond donors (Lipinski definition) is 2. The number of anilines is 1. The van der Waals surface area contributed by atoms with Crippen molar-refractivity contribution in [3.8, 4) is 0 Å². The van der Waals surface area contributed by atoms with Gasteiger partial charge in [-0.3, -0.25) is 4.79 Å². The van der Waals surface area contributed by atoms with Crippen molar-refractivity contribution in [2.45, 2.75) is 19.9 Å². The molecule has 0 fully saturated rings. The molecule has 0 unspecified atom stereocenters. The van der Waals surface area contributed by atoms with Gasteiger partial charge in [-0.1, -0.05) is 42.0 Å². The summed E-state index contributed by atoms with van der Waals surface area (Å²) >= 11 is 0. The van der Waals surface area contributed by atoms with Crippen LogP contribution in [0.15, 0.2) is 48.5 Å². The molecule has 0 bridgehead atoms. The van der Waals surface area contributed by atoms with E-state index < -0.39 is 5.97 Å². The second-order valence-corrected chi connectivity index (χ2v) is 4.61. The molecular weight excluding hydrogens is 238 g/mol. The predicted molar refractivity (Wildman–Crippen MR) is 76.3 cm³/mol. The molecule has 0 heterocycles. The van der Waals surface area contributed by atoms with E-state index in [1.54, 1.807) is 0 Å². The summed E-state index contributed by atoms with van der Waals surface area (Å²) < 4.78 is 0. The van der Waals surface area contributed by atoms with Crippen molar-refractivity contribution in [3.63, 3.8) is 0 Å². The van der Waals surface area contributed by atoms with Gasteiger partial charge in [0.05, 0.1) is 6.42 Å². The zero-order valence-electron chi connectivity index (χ0n) is 10.9. The smallest absolute Gasteiger partial charge is 0.307 e. The molecule has 2 aromatic carbocycles. The van der Waals surface area contributed by atoms with Crippen LogP contribution in [0.3, 0.4) is 0 Å². The lowest BCUT2D eigenvalue weighted by Crippen LogP contribution is -2.01. The minimum Gasteiger partial charge on any atom is -0.481 e. The standard InChI is InChI=1S/C16H17NO2/c1-12-2-4-14(5-3-12)11-17-15-8-6-13(7-9-15)10-16(18)19/h2-9,17H,10-11H2,1H3,(H,18,19). The summed E-state index contributed by atoms with van der Waals surface area (Å²) in [5, 5.41) is 12.0.